The van der Waals surface area contributed by atoms with Crippen molar-refractivity contribution < 1.29 is 4.92 Å². The van der Waals surface area contributed by atoms with Gasteiger partial charge in [-0.2, -0.15) is 0 Å². The summed E-state index contributed by atoms with van der Waals surface area (Å²) in [5, 5.41) is 12.2. The zero-order valence-electron chi connectivity index (χ0n) is 8.02. The van der Waals surface area contributed by atoms with Gasteiger partial charge in [0.1, 0.15) is 6.20 Å². The van der Waals surface area contributed by atoms with Crippen LogP contribution in [0, 0.1) is 15.5 Å². The molecule has 1 aliphatic rings. The monoisotopic (exact) mass is 190 g/mol. The van der Waals surface area contributed by atoms with Gasteiger partial charge in [0, 0.05) is 16.7 Å². The van der Waals surface area contributed by atoms with Crippen LogP contribution in [-0.4, -0.2) is 9.91 Å². The van der Waals surface area contributed by atoms with Gasteiger partial charge in [0.2, 0.25) is 0 Å². The normalized spacial score (nSPS) is 16.7. The second-order valence-corrected chi connectivity index (χ2v) is 4.04. The molecule has 0 aliphatic heterocycles. The second-order valence-electron chi connectivity index (χ2n) is 4.04. The van der Waals surface area contributed by atoms with Crippen molar-refractivity contribution in [2.24, 2.45) is 5.41 Å². The predicted molar refractivity (Wildman–Crippen MR) is 52.9 cm³/mol. The third-order valence-corrected chi connectivity index (χ3v) is 2.18. The first kappa shape index (κ1) is 8.87. The Balaban J connectivity index is 2.68. The van der Waals surface area contributed by atoms with Gasteiger partial charge >= 0.3 is 0 Å². The maximum Gasteiger partial charge on any atom is 0.288 e. The molecule has 0 radical (unpaired) electrons. The number of hydrogen-bond donors (Lipinski definition) is 0. The summed E-state index contributed by atoms with van der Waals surface area (Å²) in [4.78, 5) is 14.1. The highest BCUT2D eigenvalue weighted by molar-refractivity contribution is 5.54. The molecule has 1 heterocycles. The van der Waals surface area contributed by atoms with Crippen LogP contribution in [0.15, 0.2) is 12.3 Å². The molecule has 0 fully saturated rings. The minimum atomic E-state index is -0.424. The summed E-state index contributed by atoms with van der Waals surface area (Å²) >= 11 is 0. The topological polar surface area (TPSA) is 56.0 Å². The number of rotatable bonds is 1. The molecule has 0 unspecified atom stereocenters. The molecule has 0 spiro atoms. The Morgan fingerprint density at radius 3 is 2.79 bits per heavy atom. The zero-order valence-corrected chi connectivity index (χ0v) is 8.02. The molecule has 1 aliphatic carbocycles. The van der Waals surface area contributed by atoms with Crippen molar-refractivity contribution in [1.82, 2.24) is 4.98 Å². The van der Waals surface area contributed by atoms with Crippen molar-refractivity contribution in [2.75, 3.05) is 0 Å². The lowest BCUT2D eigenvalue weighted by atomic mass is 9.96. The van der Waals surface area contributed by atoms with Gasteiger partial charge in [0.05, 0.1) is 10.3 Å². The van der Waals surface area contributed by atoms with E-state index >= 15 is 0 Å². The van der Waals surface area contributed by atoms with E-state index < -0.39 is 4.92 Å². The van der Waals surface area contributed by atoms with Gasteiger partial charge < -0.3 is 0 Å². The smallest absolute Gasteiger partial charge is 0.258 e. The van der Waals surface area contributed by atoms with Gasteiger partial charge in [-0.25, -0.2) is 4.98 Å². The van der Waals surface area contributed by atoms with Crippen LogP contribution in [0.2, 0.25) is 0 Å². The van der Waals surface area contributed by atoms with Gasteiger partial charge in [0.15, 0.2) is 0 Å². The van der Waals surface area contributed by atoms with E-state index in [9.17, 15) is 10.1 Å². The van der Waals surface area contributed by atoms with Crippen LogP contribution in [0.25, 0.3) is 12.2 Å². The Labute approximate surface area is 80.7 Å². The standard InChI is InChI=1S/C10H10N2O2/c1-10(2)4-7-3-8(12(13)14)6-11-9(7)5-10/h3-6H,1-2H3. The number of nitro groups is 1. The third kappa shape index (κ3) is 1.39. The van der Waals surface area contributed by atoms with E-state index in [0.29, 0.717) is 0 Å². The first-order valence-electron chi connectivity index (χ1n) is 4.34. The number of fused-ring (bicyclic) bond motifs is 1. The van der Waals surface area contributed by atoms with E-state index in [4.69, 9.17) is 0 Å². The number of hydrogen-bond acceptors (Lipinski definition) is 3. The average Bonchev–Trinajstić information content (AvgIpc) is 2.36. The van der Waals surface area contributed by atoms with E-state index in [1.165, 1.54) is 6.20 Å². The van der Waals surface area contributed by atoms with Crippen molar-refractivity contribution >= 4 is 17.8 Å². The van der Waals surface area contributed by atoms with E-state index in [1.54, 1.807) is 6.07 Å². The molecule has 4 nitrogen and oxygen atoms in total. The number of nitrogens with zero attached hydrogens (tertiary/aromatic N) is 2. The fourth-order valence-corrected chi connectivity index (χ4v) is 1.61. The fraction of sp³-hybridized carbons (Fsp3) is 0.300. The molecule has 1 aromatic rings. The van der Waals surface area contributed by atoms with E-state index in [-0.39, 0.29) is 11.1 Å². The van der Waals surface area contributed by atoms with Crippen molar-refractivity contribution in [3.63, 3.8) is 0 Å². The van der Waals surface area contributed by atoms with Crippen LogP contribution in [0.3, 0.4) is 0 Å². The highest BCUT2D eigenvalue weighted by Gasteiger charge is 2.17. The average molecular weight is 190 g/mol. The van der Waals surface area contributed by atoms with Crippen LogP contribution >= 0.6 is 0 Å². The summed E-state index contributed by atoms with van der Waals surface area (Å²) in [5.74, 6) is 0. The first-order chi connectivity index (χ1) is 6.48. The van der Waals surface area contributed by atoms with Crippen LogP contribution in [0.4, 0.5) is 5.69 Å². The minimum absolute atomic E-state index is 0.0473. The first-order valence-corrected chi connectivity index (χ1v) is 4.34. The summed E-state index contributed by atoms with van der Waals surface area (Å²) in [6.45, 7) is 4.08. The van der Waals surface area contributed by atoms with Gasteiger partial charge in [-0.05, 0) is 6.08 Å². The molecule has 0 amide bonds. The Hall–Kier alpha value is -1.71. The van der Waals surface area contributed by atoms with Crippen molar-refractivity contribution in [2.45, 2.75) is 13.8 Å². The molecule has 0 N–H and O–H groups in total. The quantitative estimate of drug-likeness (QED) is 0.481. The van der Waals surface area contributed by atoms with Crippen molar-refractivity contribution in [1.29, 1.82) is 0 Å². The molecule has 0 bridgehead atoms. The molecule has 2 rings (SSSR count). The Kier molecular flexibility index (Phi) is 1.67. The molecular weight excluding hydrogens is 180 g/mol. The van der Waals surface area contributed by atoms with Crippen LogP contribution in [0.5, 0.6) is 0 Å². The van der Waals surface area contributed by atoms with Crippen molar-refractivity contribution in [3.8, 4) is 0 Å². The summed E-state index contributed by atoms with van der Waals surface area (Å²) in [5.41, 5.74) is -0.00372. The molecule has 0 saturated carbocycles. The maximum absolute atomic E-state index is 10.5. The Morgan fingerprint density at radius 2 is 2.14 bits per heavy atom. The van der Waals surface area contributed by atoms with Gasteiger partial charge in [0.25, 0.3) is 5.69 Å². The molecule has 4 heteroatoms. The lowest BCUT2D eigenvalue weighted by Crippen LogP contribution is -2.24. The summed E-state index contributed by atoms with van der Waals surface area (Å²) in [7, 11) is 0. The van der Waals surface area contributed by atoms with E-state index in [2.05, 4.69) is 4.98 Å². The van der Waals surface area contributed by atoms with Crippen LogP contribution in [-0.2, 0) is 0 Å². The SMILES string of the molecule is CC1(C)C=c2cc([N+](=O)[O-])cnc2=C1. The highest BCUT2D eigenvalue weighted by Crippen LogP contribution is 2.20. The summed E-state index contributed by atoms with van der Waals surface area (Å²) in [6.07, 6.45) is 5.29. The molecule has 72 valence electrons. The third-order valence-electron chi connectivity index (χ3n) is 2.18. The second kappa shape index (κ2) is 2.64. The number of pyridine rings is 1. The zero-order chi connectivity index (χ0) is 10.3. The largest absolute Gasteiger partial charge is 0.288 e. The summed E-state index contributed by atoms with van der Waals surface area (Å²) in [6, 6.07) is 1.56. The van der Waals surface area contributed by atoms with Gasteiger partial charge in [-0.15, -0.1) is 0 Å². The maximum atomic E-state index is 10.5. The molecule has 1 aromatic heterocycles. The number of aromatic nitrogens is 1. The van der Waals surface area contributed by atoms with E-state index in [0.717, 1.165) is 10.6 Å². The minimum Gasteiger partial charge on any atom is -0.258 e. The summed E-state index contributed by atoms with van der Waals surface area (Å²) < 4.78 is 0. The Morgan fingerprint density at radius 1 is 1.43 bits per heavy atom. The van der Waals surface area contributed by atoms with Crippen LogP contribution in [0.1, 0.15) is 13.8 Å². The van der Waals surface area contributed by atoms with Gasteiger partial charge in [-0.1, -0.05) is 19.9 Å². The molecule has 0 aromatic carbocycles. The predicted octanol–water partition coefficient (Wildman–Crippen LogP) is 0.591. The van der Waals surface area contributed by atoms with E-state index in [1.807, 2.05) is 26.0 Å². The molecule has 14 heavy (non-hydrogen) atoms. The lowest BCUT2D eigenvalue weighted by Gasteiger charge is -2.08. The fourth-order valence-electron chi connectivity index (χ4n) is 1.61. The van der Waals surface area contributed by atoms with Crippen LogP contribution < -0.4 is 10.6 Å². The van der Waals surface area contributed by atoms with Gasteiger partial charge in [-0.3, -0.25) is 10.1 Å². The molecule has 0 atom stereocenters. The molecule has 0 saturated heterocycles. The lowest BCUT2D eigenvalue weighted by molar-refractivity contribution is -0.385. The molecular formula is C10H10N2O2. The van der Waals surface area contributed by atoms with Crippen molar-refractivity contribution in [3.05, 3.63) is 32.9 Å². The Bertz CT molecular complexity index is 517. The highest BCUT2D eigenvalue weighted by atomic mass is 16.6.